The van der Waals surface area contributed by atoms with E-state index in [-0.39, 0.29) is 24.3 Å². The van der Waals surface area contributed by atoms with Crippen LogP contribution in [0.3, 0.4) is 0 Å². The van der Waals surface area contributed by atoms with Gasteiger partial charge in [0.05, 0.1) is 0 Å². The van der Waals surface area contributed by atoms with E-state index in [0.717, 1.165) is 25.7 Å². The number of carbonyl (C=O) groups excluding carboxylic acids is 2. The van der Waals surface area contributed by atoms with E-state index >= 15 is 0 Å². The Morgan fingerprint density at radius 1 is 0.966 bits per heavy atom. The van der Waals surface area contributed by atoms with Crippen molar-refractivity contribution in [1.82, 2.24) is 0 Å². The first-order valence-corrected chi connectivity index (χ1v) is 10.1. The predicted octanol–water partition coefficient (Wildman–Crippen LogP) is 4.03. The molecule has 1 aliphatic carbocycles. The molecule has 6 heteroatoms. The Labute approximate surface area is 169 Å². The Bertz CT molecular complexity index is 949. The molecule has 1 atom stereocenters. The number of carboxylic acids is 1. The summed E-state index contributed by atoms with van der Waals surface area (Å²) in [6, 6.07) is 14.0. The molecule has 1 aliphatic heterocycles. The second kappa shape index (κ2) is 8.07. The zero-order valence-electron chi connectivity index (χ0n) is 16.1. The number of hydrogen-bond donors (Lipinski definition) is 2. The van der Waals surface area contributed by atoms with Crippen molar-refractivity contribution in [2.75, 3.05) is 16.8 Å². The molecule has 2 aliphatic rings. The predicted molar refractivity (Wildman–Crippen MR) is 110 cm³/mol. The van der Waals surface area contributed by atoms with Crippen LogP contribution in [0.5, 0.6) is 0 Å². The van der Waals surface area contributed by atoms with E-state index in [4.69, 9.17) is 0 Å². The van der Waals surface area contributed by atoms with Gasteiger partial charge in [0.15, 0.2) is 0 Å². The zero-order chi connectivity index (χ0) is 20.4. The van der Waals surface area contributed by atoms with Gasteiger partial charge in [0, 0.05) is 29.4 Å². The maximum Gasteiger partial charge on any atom is 0.312 e. The molecule has 1 fully saturated rings. The largest absolute Gasteiger partial charge is 0.481 e. The van der Waals surface area contributed by atoms with Crippen LogP contribution in [-0.2, 0) is 9.59 Å². The summed E-state index contributed by atoms with van der Waals surface area (Å²) in [5, 5.41) is 12.5. The van der Waals surface area contributed by atoms with Gasteiger partial charge in [-0.05, 0) is 42.7 Å². The van der Waals surface area contributed by atoms with Gasteiger partial charge >= 0.3 is 5.97 Å². The number of amides is 2. The van der Waals surface area contributed by atoms with Crippen molar-refractivity contribution in [3.05, 3.63) is 59.7 Å². The number of aliphatic carboxylic acids is 1. The van der Waals surface area contributed by atoms with E-state index in [1.165, 1.54) is 11.3 Å². The van der Waals surface area contributed by atoms with E-state index < -0.39 is 11.9 Å². The summed E-state index contributed by atoms with van der Waals surface area (Å²) in [6.07, 6.45) is 5.16. The molecular formula is C23H24N2O4. The van der Waals surface area contributed by atoms with Crippen LogP contribution in [0.4, 0.5) is 11.4 Å². The molecule has 1 unspecified atom stereocenters. The molecule has 6 nitrogen and oxygen atoms in total. The molecule has 2 N–H and O–H groups in total. The normalized spacial score (nSPS) is 18.9. The first-order valence-electron chi connectivity index (χ1n) is 10.1. The molecular weight excluding hydrogens is 368 g/mol. The summed E-state index contributed by atoms with van der Waals surface area (Å²) in [6.45, 7) is 0.103. The van der Waals surface area contributed by atoms with Crippen LogP contribution in [0.25, 0.3) is 0 Å². The van der Waals surface area contributed by atoms with Gasteiger partial charge in [0.25, 0.3) is 5.91 Å². The van der Waals surface area contributed by atoms with Gasteiger partial charge in [0.1, 0.15) is 5.92 Å². The van der Waals surface area contributed by atoms with Crippen molar-refractivity contribution in [1.29, 1.82) is 0 Å². The van der Waals surface area contributed by atoms with Crippen molar-refractivity contribution < 1.29 is 19.5 Å². The summed E-state index contributed by atoms with van der Waals surface area (Å²) >= 11 is 0. The Kier molecular flexibility index (Phi) is 5.34. The number of carbonyl (C=O) groups is 3. The van der Waals surface area contributed by atoms with E-state index in [1.807, 2.05) is 0 Å². The second-order valence-electron chi connectivity index (χ2n) is 7.77. The highest BCUT2D eigenvalue weighted by Gasteiger charge is 2.36. The highest BCUT2D eigenvalue weighted by atomic mass is 16.4. The molecule has 0 radical (unpaired) electrons. The molecule has 0 bridgehead atoms. The summed E-state index contributed by atoms with van der Waals surface area (Å²) in [4.78, 5) is 38.8. The summed E-state index contributed by atoms with van der Waals surface area (Å²) in [5.41, 5.74) is 2.29. The maximum atomic E-state index is 13.1. The van der Waals surface area contributed by atoms with Gasteiger partial charge in [-0.15, -0.1) is 0 Å². The minimum Gasteiger partial charge on any atom is -0.481 e. The molecule has 2 amide bonds. The molecule has 0 aromatic heterocycles. The number of hydrogen-bond acceptors (Lipinski definition) is 3. The van der Waals surface area contributed by atoms with Gasteiger partial charge in [-0.1, -0.05) is 43.5 Å². The van der Waals surface area contributed by atoms with E-state index in [0.29, 0.717) is 22.5 Å². The fourth-order valence-electron chi connectivity index (χ4n) is 4.31. The van der Waals surface area contributed by atoms with Crippen molar-refractivity contribution in [3.8, 4) is 0 Å². The molecule has 1 saturated carbocycles. The summed E-state index contributed by atoms with van der Waals surface area (Å²) in [7, 11) is 0. The first-order chi connectivity index (χ1) is 14.0. The fraction of sp³-hybridized carbons (Fsp3) is 0.348. The monoisotopic (exact) mass is 392 g/mol. The lowest BCUT2D eigenvalue weighted by atomic mass is 9.88. The molecule has 4 rings (SSSR count). The van der Waals surface area contributed by atoms with Crippen molar-refractivity contribution >= 4 is 29.2 Å². The third-order valence-corrected chi connectivity index (χ3v) is 5.86. The average molecular weight is 392 g/mol. The van der Waals surface area contributed by atoms with Crippen molar-refractivity contribution in [2.45, 2.75) is 38.0 Å². The number of nitrogens with one attached hydrogen (secondary N) is 1. The van der Waals surface area contributed by atoms with E-state index in [9.17, 15) is 19.5 Å². The Balaban J connectivity index is 1.53. The lowest BCUT2D eigenvalue weighted by Gasteiger charge is -2.21. The van der Waals surface area contributed by atoms with Gasteiger partial charge in [0.2, 0.25) is 5.91 Å². The van der Waals surface area contributed by atoms with Crippen LogP contribution in [0.2, 0.25) is 0 Å². The fourth-order valence-corrected chi connectivity index (χ4v) is 4.31. The minimum absolute atomic E-state index is 0.00626. The molecule has 150 valence electrons. The van der Waals surface area contributed by atoms with Crippen molar-refractivity contribution in [2.24, 2.45) is 5.92 Å². The molecule has 2 aromatic carbocycles. The van der Waals surface area contributed by atoms with Crippen LogP contribution in [0, 0.1) is 5.92 Å². The average Bonchev–Trinajstić information content (AvgIpc) is 3.14. The smallest absolute Gasteiger partial charge is 0.312 e. The first kappa shape index (κ1) is 19.2. The zero-order valence-corrected chi connectivity index (χ0v) is 16.1. The second-order valence-corrected chi connectivity index (χ2v) is 7.77. The van der Waals surface area contributed by atoms with Crippen molar-refractivity contribution in [3.63, 3.8) is 0 Å². The topological polar surface area (TPSA) is 86.7 Å². The Morgan fingerprint density at radius 2 is 1.72 bits per heavy atom. The number of para-hydroxylation sites is 1. The van der Waals surface area contributed by atoms with Crippen LogP contribution >= 0.6 is 0 Å². The van der Waals surface area contributed by atoms with Crippen LogP contribution in [0.1, 0.15) is 53.9 Å². The molecule has 0 spiro atoms. The van der Waals surface area contributed by atoms with Gasteiger partial charge in [-0.2, -0.15) is 0 Å². The van der Waals surface area contributed by atoms with Gasteiger partial charge in [-0.3, -0.25) is 14.4 Å². The van der Waals surface area contributed by atoms with Crippen LogP contribution in [0.15, 0.2) is 48.5 Å². The Morgan fingerprint density at radius 3 is 2.48 bits per heavy atom. The SMILES string of the molecule is O=C(Nc1cccc(C(=O)N2CC(C(=O)O)c3ccccc32)c1)C1CCCCC1. The molecule has 2 aromatic rings. The number of rotatable bonds is 4. The number of fused-ring (bicyclic) bond motifs is 1. The number of anilines is 2. The highest BCUT2D eigenvalue weighted by molar-refractivity contribution is 6.09. The van der Waals surface area contributed by atoms with E-state index in [2.05, 4.69) is 5.32 Å². The van der Waals surface area contributed by atoms with Crippen LogP contribution < -0.4 is 10.2 Å². The van der Waals surface area contributed by atoms with Gasteiger partial charge < -0.3 is 15.3 Å². The maximum absolute atomic E-state index is 13.1. The summed E-state index contributed by atoms with van der Waals surface area (Å²) in [5.74, 6) is -1.91. The molecule has 0 saturated heterocycles. The molecule has 29 heavy (non-hydrogen) atoms. The van der Waals surface area contributed by atoms with E-state index in [1.54, 1.807) is 48.5 Å². The quantitative estimate of drug-likeness (QED) is 0.822. The molecule has 1 heterocycles. The number of carboxylic acid groups (broad SMARTS) is 1. The van der Waals surface area contributed by atoms with Crippen LogP contribution in [-0.4, -0.2) is 29.4 Å². The minimum atomic E-state index is -0.943. The summed E-state index contributed by atoms with van der Waals surface area (Å²) < 4.78 is 0. The third-order valence-electron chi connectivity index (χ3n) is 5.86. The van der Waals surface area contributed by atoms with Gasteiger partial charge in [-0.25, -0.2) is 0 Å². The Hall–Kier alpha value is -3.15. The third kappa shape index (κ3) is 3.88. The number of nitrogens with zero attached hydrogens (tertiary/aromatic N) is 1. The lowest BCUT2D eigenvalue weighted by Crippen LogP contribution is -2.31. The highest BCUT2D eigenvalue weighted by Crippen LogP contribution is 2.37. The number of benzene rings is 2. The standard InChI is InChI=1S/C23H24N2O4/c26-21(15-7-2-1-3-8-15)24-17-10-6-9-16(13-17)22(27)25-14-19(23(28)29)18-11-4-5-12-20(18)25/h4-6,9-13,15,19H,1-3,7-8,14H2,(H,24,26)(H,28,29). The lowest BCUT2D eigenvalue weighted by molar-refractivity contribution is -0.138.